The summed E-state index contributed by atoms with van der Waals surface area (Å²) in [6.07, 6.45) is 0.964. The maximum Gasteiger partial charge on any atom is 0.220 e. The zero-order chi connectivity index (χ0) is 21.0. The predicted octanol–water partition coefficient (Wildman–Crippen LogP) is 6.29. The predicted molar refractivity (Wildman–Crippen MR) is 113 cm³/mol. The maximum absolute atomic E-state index is 14.4. The van der Waals surface area contributed by atoms with Gasteiger partial charge in [-0.3, -0.25) is 0 Å². The lowest BCUT2D eigenvalue weighted by atomic mass is 9.87. The molecule has 0 atom stereocenters. The normalized spacial score (nSPS) is 12.6. The highest BCUT2D eigenvalue weighted by Crippen LogP contribution is 2.33. The Labute approximate surface area is 164 Å². The van der Waals surface area contributed by atoms with E-state index < -0.39 is 0 Å². The van der Waals surface area contributed by atoms with Crippen LogP contribution in [0.15, 0.2) is 30.3 Å². The summed E-state index contributed by atoms with van der Waals surface area (Å²) >= 11 is 0. The molecule has 0 spiro atoms. The van der Waals surface area contributed by atoms with Crippen molar-refractivity contribution in [2.75, 3.05) is 0 Å². The maximum atomic E-state index is 14.4. The standard InChI is InChI=1S/C25H31FN/c1-15-11-22(17(3)18(4)23(15)26)24-21-10-9-19(14-25(5,6)7)13-20(21)12-16(2)27(24)8/h9-13H,14H2,1-8H3/q+1/i12D. The zero-order valence-electron chi connectivity index (χ0n) is 18.8. The van der Waals surface area contributed by atoms with Gasteiger partial charge in [0.25, 0.3) is 0 Å². The topological polar surface area (TPSA) is 3.88 Å². The minimum atomic E-state index is -0.130. The van der Waals surface area contributed by atoms with E-state index in [1.165, 1.54) is 5.56 Å². The van der Waals surface area contributed by atoms with Gasteiger partial charge in [-0.1, -0.05) is 32.9 Å². The number of hydrogen-bond acceptors (Lipinski definition) is 0. The fourth-order valence-electron chi connectivity index (χ4n) is 3.87. The van der Waals surface area contributed by atoms with Crippen LogP contribution in [0.4, 0.5) is 4.39 Å². The summed E-state index contributed by atoms with van der Waals surface area (Å²) in [6, 6.07) is 8.97. The van der Waals surface area contributed by atoms with Gasteiger partial charge in [0.05, 0.1) is 12.3 Å². The molecule has 0 aliphatic rings. The molecule has 0 aliphatic heterocycles. The number of pyridine rings is 1. The molecule has 0 N–H and O–H groups in total. The number of aryl methyl sites for hydroxylation is 1. The molecule has 1 nitrogen and oxygen atoms in total. The lowest BCUT2D eigenvalue weighted by Crippen LogP contribution is -2.35. The van der Waals surface area contributed by atoms with E-state index in [-0.39, 0.29) is 11.2 Å². The zero-order valence-corrected chi connectivity index (χ0v) is 17.8. The van der Waals surface area contributed by atoms with Gasteiger partial charge >= 0.3 is 0 Å². The highest BCUT2D eigenvalue weighted by atomic mass is 19.1. The lowest BCUT2D eigenvalue weighted by Gasteiger charge is -2.19. The van der Waals surface area contributed by atoms with E-state index in [1.54, 1.807) is 0 Å². The molecule has 0 unspecified atom stereocenters. The Morgan fingerprint density at radius 3 is 2.33 bits per heavy atom. The van der Waals surface area contributed by atoms with Gasteiger partial charge in [0.1, 0.15) is 12.9 Å². The second-order valence-electron chi connectivity index (χ2n) is 9.04. The first-order valence-electron chi connectivity index (χ1n) is 10.1. The van der Waals surface area contributed by atoms with Crippen LogP contribution in [0.3, 0.4) is 0 Å². The van der Waals surface area contributed by atoms with E-state index in [0.29, 0.717) is 17.2 Å². The van der Waals surface area contributed by atoms with Crippen molar-refractivity contribution in [2.24, 2.45) is 12.5 Å². The van der Waals surface area contributed by atoms with Gasteiger partial charge in [-0.25, -0.2) is 4.39 Å². The molecule has 142 valence electrons. The van der Waals surface area contributed by atoms with E-state index in [9.17, 15) is 4.39 Å². The minimum Gasteiger partial charge on any atom is -0.206 e. The molecule has 0 saturated heterocycles. The number of fused-ring (bicyclic) bond motifs is 1. The Balaban J connectivity index is 2.39. The van der Waals surface area contributed by atoms with Gasteiger partial charge in [-0.05, 0) is 72.4 Å². The number of halogens is 1. The summed E-state index contributed by atoms with van der Waals surface area (Å²) in [5, 5.41) is 2.01. The van der Waals surface area contributed by atoms with Gasteiger partial charge < -0.3 is 0 Å². The molecule has 2 aromatic carbocycles. The number of nitrogens with zero attached hydrogens (tertiary/aromatic N) is 1. The van der Waals surface area contributed by atoms with E-state index in [2.05, 4.69) is 43.5 Å². The van der Waals surface area contributed by atoms with Gasteiger partial charge in [0.15, 0.2) is 5.69 Å². The van der Waals surface area contributed by atoms with Crippen LogP contribution in [0.2, 0.25) is 0 Å². The smallest absolute Gasteiger partial charge is 0.206 e. The van der Waals surface area contributed by atoms with Crippen molar-refractivity contribution >= 4 is 10.8 Å². The molecule has 0 aliphatic carbocycles. The molecule has 0 amide bonds. The molecule has 3 aromatic rings. The fraction of sp³-hybridized carbons (Fsp3) is 0.400. The molecule has 0 fully saturated rings. The van der Waals surface area contributed by atoms with Crippen molar-refractivity contribution < 1.29 is 10.3 Å². The summed E-state index contributed by atoms with van der Waals surface area (Å²) in [7, 11) is 2.00. The number of hydrogen-bond donors (Lipinski definition) is 0. The molecule has 27 heavy (non-hydrogen) atoms. The van der Waals surface area contributed by atoms with Crippen molar-refractivity contribution in [3.63, 3.8) is 0 Å². The molecule has 1 aromatic heterocycles. The van der Waals surface area contributed by atoms with Crippen molar-refractivity contribution in [3.05, 3.63) is 64.1 Å². The molecule has 0 saturated carbocycles. The van der Waals surface area contributed by atoms with Crippen LogP contribution >= 0.6 is 0 Å². The van der Waals surface area contributed by atoms with Crippen LogP contribution < -0.4 is 4.57 Å². The summed E-state index contributed by atoms with van der Waals surface area (Å²) in [5.41, 5.74) is 6.74. The summed E-state index contributed by atoms with van der Waals surface area (Å²) in [6.45, 7) is 14.3. The van der Waals surface area contributed by atoms with Crippen LogP contribution in [0, 0.1) is 38.9 Å². The third kappa shape index (κ3) is 3.63. The third-order valence-corrected chi connectivity index (χ3v) is 5.49. The third-order valence-electron chi connectivity index (χ3n) is 5.49. The Morgan fingerprint density at radius 1 is 1.04 bits per heavy atom. The van der Waals surface area contributed by atoms with E-state index in [4.69, 9.17) is 1.37 Å². The Hall–Kier alpha value is -2.22. The molecular weight excluding hydrogens is 333 g/mol. The van der Waals surface area contributed by atoms with Crippen LogP contribution in [-0.2, 0) is 13.5 Å². The van der Waals surface area contributed by atoms with Crippen LogP contribution in [0.1, 0.15) is 50.1 Å². The van der Waals surface area contributed by atoms with Crippen molar-refractivity contribution in [2.45, 2.75) is 54.9 Å². The SMILES string of the molecule is [2H]c1c(C)[n+](C)c(-c2cc(C)c(F)c(C)c2C)c2ccc(CC(C)(C)C)cc12. The molecule has 0 radical (unpaired) electrons. The first-order valence-corrected chi connectivity index (χ1v) is 9.61. The van der Waals surface area contributed by atoms with Crippen LogP contribution in [0.5, 0.6) is 0 Å². The van der Waals surface area contributed by atoms with Gasteiger partial charge in [-0.15, -0.1) is 0 Å². The summed E-state index contributed by atoms with van der Waals surface area (Å²) in [5.74, 6) is -0.130. The molecule has 3 rings (SSSR count). The second kappa shape index (κ2) is 6.74. The van der Waals surface area contributed by atoms with Gasteiger partial charge in [-0.2, -0.15) is 4.57 Å². The quantitative estimate of drug-likeness (QED) is 0.470. The molecule has 0 bridgehead atoms. The fourth-order valence-corrected chi connectivity index (χ4v) is 3.87. The highest BCUT2D eigenvalue weighted by Gasteiger charge is 2.23. The van der Waals surface area contributed by atoms with Crippen molar-refractivity contribution in [1.29, 1.82) is 0 Å². The molecular formula is C25H31FN+. The lowest BCUT2D eigenvalue weighted by molar-refractivity contribution is -0.665. The number of rotatable bonds is 2. The van der Waals surface area contributed by atoms with Crippen molar-refractivity contribution in [3.8, 4) is 11.3 Å². The Bertz CT molecular complexity index is 1090. The molecule has 2 heteroatoms. The Kier molecular flexibility index (Phi) is 4.53. The van der Waals surface area contributed by atoms with Crippen LogP contribution in [-0.4, -0.2) is 0 Å². The molecule has 1 heterocycles. The number of benzene rings is 2. The van der Waals surface area contributed by atoms with E-state index in [0.717, 1.165) is 39.7 Å². The number of aromatic nitrogens is 1. The second-order valence-corrected chi connectivity index (χ2v) is 9.04. The van der Waals surface area contributed by atoms with E-state index in [1.807, 2.05) is 40.8 Å². The highest BCUT2D eigenvalue weighted by molar-refractivity contribution is 5.94. The first kappa shape index (κ1) is 18.2. The average Bonchev–Trinajstić information content (AvgIpc) is 2.61. The largest absolute Gasteiger partial charge is 0.220 e. The van der Waals surface area contributed by atoms with Gasteiger partial charge in [0, 0.05) is 13.0 Å². The van der Waals surface area contributed by atoms with E-state index >= 15 is 0 Å². The monoisotopic (exact) mass is 365 g/mol. The summed E-state index contributed by atoms with van der Waals surface area (Å²) in [4.78, 5) is 0. The van der Waals surface area contributed by atoms with Gasteiger partial charge in [0.2, 0.25) is 5.69 Å². The summed E-state index contributed by atoms with van der Waals surface area (Å²) < 4.78 is 25.2. The van der Waals surface area contributed by atoms with Crippen molar-refractivity contribution in [1.82, 2.24) is 0 Å². The Morgan fingerprint density at radius 2 is 1.70 bits per heavy atom. The van der Waals surface area contributed by atoms with Crippen LogP contribution in [0.25, 0.3) is 22.0 Å². The minimum absolute atomic E-state index is 0.130. The first-order chi connectivity index (χ1) is 12.9. The average molecular weight is 366 g/mol.